The van der Waals surface area contributed by atoms with Crippen molar-refractivity contribution < 1.29 is 8.42 Å². The SMILES string of the molecule is CCN(CC)S(=O)(=O)c1ccc2c(c1)nc(SCCC#N)n2CC. The van der Waals surface area contributed by atoms with E-state index in [1.165, 1.54) is 16.1 Å². The molecule has 2 rings (SSSR count). The number of fused-ring (bicyclic) bond motifs is 1. The average molecular weight is 367 g/mol. The largest absolute Gasteiger partial charge is 0.319 e. The van der Waals surface area contributed by atoms with Crippen molar-refractivity contribution in [1.82, 2.24) is 13.9 Å². The van der Waals surface area contributed by atoms with E-state index in [0.717, 1.165) is 17.2 Å². The maximum atomic E-state index is 12.7. The molecule has 2 aromatic rings. The van der Waals surface area contributed by atoms with Gasteiger partial charge in [0.2, 0.25) is 10.0 Å². The lowest BCUT2D eigenvalue weighted by Gasteiger charge is -2.18. The van der Waals surface area contributed by atoms with Crippen molar-refractivity contribution in [1.29, 1.82) is 5.26 Å². The van der Waals surface area contributed by atoms with Crippen molar-refractivity contribution >= 4 is 32.8 Å². The summed E-state index contributed by atoms with van der Waals surface area (Å²) in [6, 6.07) is 7.23. The van der Waals surface area contributed by atoms with Gasteiger partial charge in [-0.1, -0.05) is 25.6 Å². The van der Waals surface area contributed by atoms with E-state index < -0.39 is 10.0 Å². The quantitative estimate of drug-likeness (QED) is 0.530. The van der Waals surface area contributed by atoms with Gasteiger partial charge in [-0.05, 0) is 25.1 Å². The smallest absolute Gasteiger partial charge is 0.243 e. The van der Waals surface area contributed by atoms with Gasteiger partial charge in [-0.2, -0.15) is 9.57 Å². The van der Waals surface area contributed by atoms with E-state index in [-0.39, 0.29) is 4.90 Å². The zero-order valence-electron chi connectivity index (χ0n) is 14.2. The molecule has 1 heterocycles. The van der Waals surface area contributed by atoms with Gasteiger partial charge in [-0.15, -0.1) is 0 Å². The number of aryl methyl sites for hydroxylation is 1. The molecule has 0 spiro atoms. The highest BCUT2D eigenvalue weighted by Crippen LogP contribution is 2.27. The number of nitriles is 1. The molecule has 0 aliphatic heterocycles. The molecule has 0 bridgehead atoms. The third kappa shape index (κ3) is 3.58. The lowest BCUT2D eigenvalue weighted by molar-refractivity contribution is 0.445. The van der Waals surface area contributed by atoms with Crippen molar-refractivity contribution in [2.75, 3.05) is 18.8 Å². The molecule has 0 unspecified atom stereocenters. The number of sulfonamides is 1. The Bertz CT molecular complexity index is 849. The van der Waals surface area contributed by atoms with Crippen molar-refractivity contribution in [2.45, 2.75) is 43.8 Å². The third-order valence-corrected chi connectivity index (χ3v) is 6.81. The lowest BCUT2D eigenvalue weighted by Crippen LogP contribution is -2.30. The Morgan fingerprint density at radius 1 is 1.29 bits per heavy atom. The van der Waals surface area contributed by atoms with Gasteiger partial charge < -0.3 is 4.57 Å². The summed E-state index contributed by atoms with van der Waals surface area (Å²) in [5.74, 6) is 0.671. The van der Waals surface area contributed by atoms with Crippen LogP contribution in [0, 0.1) is 11.3 Å². The highest BCUT2D eigenvalue weighted by atomic mass is 32.2. The monoisotopic (exact) mass is 366 g/mol. The normalized spacial score (nSPS) is 12.0. The molecule has 0 fully saturated rings. The van der Waals surface area contributed by atoms with Crippen molar-refractivity contribution in [3.8, 4) is 6.07 Å². The topological polar surface area (TPSA) is 79.0 Å². The van der Waals surface area contributed by atoms with Crippen LogP contribution >= 0.6 is 11.8 Å². The summed E-state index contributed by atoms with van der Waals surface area (Å²) in [5.41, 5.74) is 1.58. The first-order valence-corrected chi connectivity index (χ1v) is 10.4. The van der Waals surface area contributed by atoms with Gasteiger partial charge in [-0.25, -0.2) is 13.4 Å². The highest BCUT2D eigenvalue weighted by Gasteiger charge is 2.23. The Morgan fingerprint density at radius 3 is 2.58 bits per heavy atom. The molecule has 1 aromatic heterocycles. The van der Waals surface area contributed by atoms with Crippen LogP contribution in [0.2, 0.25) is 0 Å². The average Bonchev–Trinajstić information content (AvgIpc) is 2.92. The number of aromatic nitrogens is 2. The summed E-state index contributed by atoms with van der Waals surface area (Å²) in [6.45, 7) is 7.30. The predicted octanol–water partition coefficient (Wildman–Crippen LogP) is 3.09. The van der Waals surface area contributed by atoms with Crippen LogP contribution in [0.25, 0.3) is 11.0 Å². The zero-order valence-corrected chi connectivity index (χ0v) is 15.8. The van der Waals surface area contributed by atoms with Crippen LogP contribution in [0.1, 0.15) is 27.2 Å². The molecule has 0 N–H and O–H groups in total. The van der Waals surface area contributed by atoms with E-state index in [9.17, 15) is 8.42 Å². The molecule has 24 heavy (non-hydrogen) atoms. The van der Waals surface area contributed by atoms with E-state index in [1.54, 1.807) is 12.1 Å². The van der Waals surface area contributed by atoms with E-state index >= 15 is 0 Å². The number of hydrogen-bond acceptors (Lipinski definition) is 5. The maximum absolute atomic E-state index is 12.7. The number of nitrogens with zero attached hydrogens (tertiary/aromatic N) is 4. The van der Waals surface area contributed by atoms with Crippen LogP contribution in [-0.4, -0.2) is 41.1 Å². The standard InChI is InChI=1S/C16H22N4O2S2/c1-4-19(5-2)24(21,22)13-8-9-15-14(12-13)18-16(20(15)6-3)23-11-7-10-17/h8-9,12H,4-7,11H2,1-3H3. The Labute approximate surface area is 147 Å². The van der Waals surface area contributed by atoms with Crippen molar-refractivity contribution in [3.05, 3.63) is 18.2 Å². The third-order valence-electron chi connectivity index (χ3n) is 3.79. The van der Waals surface area contributed by atoms with E-state index in [0.29, 0.717) is 30.8 Å². The molecule has 0 saturated carbocycles. The molecular weight excluding hydrogens is 344 g/mol. The number of imidazole rings is 1. The summed E-state index contributed by atoms with van der Waals surface area (Å²) in [5, 5.41) is 9.49. The Kier molecular flexibility index (Phi) is 6.27. The second-order valence-corrected chi connectivity index (χ2v) is 8.14. The molecule has 0 atom stereocenters. The van der Waals surface area contributed by atoms with Crippen LogP contribution in [0.5, 0.6) is 0 Å². The molecule has 8 heteroatoms. The van der Waals surface area contributed by atoms with Crippen LogP contribution in [0.3, 0.4) is 0 Å². The van der Waals surface area contributed by atoms with Crippen molar-refractivity contribution in [2.24, 2.45) is 0 Å². The molecule has 0 saturated heterocycles. The first-order valence-electron chi connectivity index (χ1n) is 7.99. The summed E-state index contributed by atoms with van der Waals surface area (Å²) in [7, 11) is -3.49. The minimum Gasteiger partial charge on any atom is -0.319 e. The van der Waals surface area contributed by atoms with Gasteiger partial charge in [0.05, 0.1) is 22.0 Å². The van der Waals surface area contributed by atoms with Gasteiger partial charge in [0.1, 0.15) is 0 Å². The molecule has 0 amide bonds. The summed E-state index contributed by atoms with van der Waals surface area (Å²) >= 11 is 1.52. The van der Waals surface area contributed by atoms with Crippen LogP contribution in [0.15, 0.2) is 28.3 Å². The van der Waals surface area contributed by atoms with Gasteiger partial charge in [0.25, 0.3) is 0 Å². The molecule has 0 aliphatic carbocycles. The molecule has 6 nitrogen and oxygen atoms in total. The minimum absolute atomic E-state index is 0.271. The first kappa shape index (κ1) is 18.8. The fraction of sp³-hybridized carbons (Fsp3) is 0.500. The van der Waals surface area contributed by atoms with Crippen LogP contribution in [0.4, 0.5) is 0 Å². The number of thioether (sulfide) groups is 1. The molecular formula is C16H22N4O2S2. The van der Waals surface area contributed by atoms with Gasteiger partial charge >= 0.3 is 0 Å². The molecule has 130 valence electrons. The lowest BCUT2D eigenvalue weighted by atomic mass is 10.3. The van der Waals surface area contributed by atoms with Crippen molar-refractivity contribution in [3.63, 3.8) is 0 Å². The first-order chi connectivity index (χ1) is 11.5. The van der Waals surface area contributed by atoms with E-state index in [2.05, 4.69) is 11.1 Å². The van der Waals surface area contributed by atoms with E-state index in [4.69, 9.17) is 5.26 Å². The highest BCUT2D eigenvalue weighted by molar-refractivity contribution is 7.99. The Balaban J connectivity index is 2.46. The summed E-state index contributed by atoms with van der Waals surface area (Å²) in [6.07, 6.45) is 0.458. The Morgan fingerprint density at radius 2 is 2.00 bits per heavy atom. The molecule has 0 radical (unpaired) electrons. The number of benzene rings is 1. The molecule has 1 aromatic carbocycles. The maximum Gasteiger partial charge on any atom is 0.243 e. The minimum atomic E-state index is -3.49. The van der Waals surface area contributed by atoms with Gasteiger partial charge in [0, 0.05) is 31.8 Å². The van der Waals surface area contributed by atoms with Crippen LogP contribution < -0.4 is 0 Å². The number of hydrogen-bond donors (Lipinski definition) is 0. The van der Waals surface area contributed by atoms with Crippen LogP contribution in [-0.2, 0) is 16.6 Å². The van der Waals surface area contributed by atoms with E-state index in [1.807, 2.05) is 31.4 Å². The second-order valence-electron chi connectivity index (χ2n) is 5.14. The zero-order chi connectivity index (χ0) is 17.7. The summed E-state index contributed by atoms with van der Waals surface area (Å²) in [4.78, 5) is 4.85. The summed E-state index contributed by atoms with van der Waals surface area (Å²) < 4.78 is 28.8. The Hall–Kier alpha value is -1.56. The second kappa shape index (κ2) is 8.01. The molecule has 0 aliphatic rings. The van der Waals surface area contributed by atoms with Gasteiger partial charge in [-0.3, -0.25) is 0 Å². The number of rotatable bonds is 8. The fourth-order valence-corrected chi connectivity index (χ4v) is 4.96. The predicted molar refractivity (Wildman–Crippen MR) is 96.5 cm³/mol. The fourth-order valence-electron chi connectivity index (χ4n) is 2.56. The van der Waals surface area contributed by atoms with Gasteiger partial charge in [0.15, 0.2) is 5.16 Å².